The molecule has 4 N–H and O–H groups in total. The van der Waals surface area contributed by atoms with Crippen molar-refractivity contribution in [1.82, 2.24) is 0 Å². The van der Waals surface area contributed by atoms with Gasteiger partial charge in [-0.05, 0) is 43.5 Å². The van der Waals surface area contributed by atoms with Crippen molar-refractivity contribution in [3.05, 3.63) is 40.8 Å². The second kappa shape index (κ2) is 14.1. The molecule has 2 aromatic heterocycles. The van der Waals surface area contributed by atoms with Gasteiger partial charge >= 0.3 is 51.3 Å². The zero-order valence-corrected chi connectivity index (χ0v) is 23.9. The Morgan fingerprint density at radius 3 is 2.12 bits per heavy atom. The number of nitrogens with zero attached hydrogens (tertiary/aromatic N) is 1. The summed E-state index contributed by atoms with van der Waals surface area (Å²) < 4.78 is 102. The molecule has 0 unspecified atom stereocenters. The first-order chi connectivity index (χ1) is 18.5. The fraction of sp³-hybridized carbons (Fsp3) is 0.364. The summed E-state index contributed by atoms with van der Waals surface area (Å²) in [5.41, 5.74) is -0.877. The maximum absolute atomic E-state index is 12.8. The number of aliphatic carboxylic acids is 1. The summed E-state index contributed by atoms with van der Waals surface area (Å²) in [5, 5.41) is 9.09. The van der Waals surface area contributed by atoms with Crippen LogP contribution in [0.4, 0.5) is 5.69 Å². The van der Waals surface area contributed by atoms with Crippen molar-refractivity contribution in [2.75, 3.05) is 23.7 Å². The number of benzene rings is 1. The summed E-state index contributed by atoms with van der Waals surface area (Å²) >= 11 is 0.251. The number of rotatable bonds is 14. The standard InChI is InChI=1S/C22H25NO13S4.Na.H/c24-19(25)5-2-1-3-8-23(9-4-10-38(27,28)29)15-7-6-14-11-16(22(26)36-17(14)12-15)21-18(39(30,31)32)13-20(37-21)40(33,34)35;;/h6-7,11-13H,1-5,8-10H2,(H,24,25)(H,27,28,29)(H,30,31,32)(H,33,34,35);;. The molecule has 41 heavy (non-hydrogen) atoms. The van der Waals surface area contributed by atoms with E-state index < -0.39 is 61.7 Å². The number of thiophene rings is 1. The molecule has 3 rings (SSSR count). The minimum absolute atomic E-state index is 0. The first kappa shape index (κ1) is 35.3. The van der Waals surface area contributed by atoms with Crippen molar-refractivity contribution in [3.63, 3.8) is 0 Å². The third-order valence-electron chi connectivity index (χ3n) is 5.69. The molecule has 1 aromatic carbocycles. The summed E-state index contributed by atoms with van der Waals surface area (Å²) in [6.07, 6.45) is 1.66. The molecule has 3 aromatic rings. The Balaban J connectivity index is 0.00000588. The molecule has 0 aliphatic heterocycles. The summed E-state index contributed by atoms with van der Waals surface area (Å²) in [7, 11) is -14.0. The van der Waals surface area contributed by atoms with Gasteiger partial charge in [-0.15, -0.1) is 11.3 Å². The summed E-state index contributed by atoms with van der Waals surface area (Å²) in [4.78, 5) is 24.0. The topological polar surface area (TPSA) is 234 Å². The van der Waals surface area contributed by atoms with E-state index in [-0.39, 0.29) is 71.4 Å². The molecule has 0 saturated heterocycles. The van der Waals surface area contributed by atoms with E-state index in [1.807, 2.05) is 0 Å². The second-order valence-corrected chi connectivity index (χ2v) is 14.4. The van der Waals surface area contributed by atoms with Gasteiger partial charge in [-0.3, -0.25) is 18.5 Å². The number of hydrogen-bond acceptors (Lipinski definition) is 11. The van der Waals surface area contributed by atoms with E-state index in [4.69, 9.17) is 14.1 Å². The van der Waals surface area contributed by atoms with Gasteiger partial charge in [0.05, 0.1) is 16.2 Å². The Labute approximate surface area is 261 Å². The summed E-state index contributed by atoms with van der Waals surface area (Å²) in [5.74, 6) is -1.41. The molecule has 0 atom stereocenters. The zero-order valence-electron chi connectivity index (χ0n) is 20.6. The van der Waals surface area contributed by atoms with E-state index in [9.17, 15) is 43.9 Å². The van der Waals surface area contributed by atoms with Crippen LogP contribution in [0.2, 0.25) is 0 Å². The maximum atomic E-state index is 12.8. The predicted molar refractivity (Wildman–Crippen MR) is 152 cm³/mol. The third kappa shape index (κ3) is 10.1. The van der Waals surface area contributed by atoms with Crippen LogP contribution in [-0.4, -0.2) is 98.4 Å². The summed E-state index contributed by atoms with van der Waals surface area (Å²) in [6, 6.07) is 6.36. The van der Waals surface area contributed by atoms with E-state index in [1.54, 1.807) is 11.0 Å². The van der Waals surface area contributed by atoms with Gasteiger partial charge in [-0.2, -0.15) is 25.3 Å². The molecule has 0 bridgehead atoms. The number of anilines is 1. The molecule has 0 saturated carbocycles. The SMILES string of the molecule is O=C(O)CCCCCN(CCCS(=O)(=O)O)c1ccc2cc(-c3sc(S(=O)(=O)O)cc3S(=O)(=O)O)c(=O)oc2c1.[NaH]. The molecule has 0 spiro atoms. The predicted octanol–water partition coefficient (Wildman–Crippen LogP) is 2.10. The molecule has 19 heteroatoms. The van der Waals surface area contributed by atoms with Crippen LogP contribution in [0, 0.1) is 0 Å². The van der Waals surface area contributed by atoms with Crippen molar-refractivity contribution in [2.45, 2.75) is 41.2 Å². The van der Waals surface area contributed by atoms with Gasteiger partial charge < -0.3 is 14.4 Å². The molecule has 222 valence electrons. The van der Waals surface area contributed by atoms with E-state index in [0.717, 1.165) is 0 Å². The third-order valence-corrected chi connectivity index (χ3v) is 9.97. The van der Waals surface area contributed by atoms with Crippen LogP contribution in [0.3, 0.4) is 0 Å². The van der Waals surface area contributed by atoms with Crippen molar-refractivity contribution >= 4 is 93.9 Å². The van der Waals surface area contributed by atoms with E-state index in [2.05, 4.69) is 0 Å². The fourth-order valence-electron chi connectivity index (χ4n) is 3.88. The van der Waals surface area contributed by atoms with Crippen LogP contribution >= 0.6 is 11.3 Å². The molecule has 0 fully saturated rings. The minimum atomic E-state index is -4.99. The van der Waals surface area contributed by atoms with E-state index in [0.29, 0.717) is 42.9 Å². The Morgan fingerprint density at radius 2 is 1.54 bits per heavy atom. The zero-order chi connectivity index (χ0) is 29.9. The van der Waals surface area contributed by atoms with Crippen molar-refractivity contribution in [1.29, 1.82) is 0 Å². The van der Waals surface area contributed by atoms with Gasteiger partial charge in [0.15, 0.2) is 0 Å². The molecular formula is C22H26NNaO13S4. The van der Waals surface area contributed by atoms with Gasteiger partial charge in [0.1, 0.15) is 14.7 Å². The number of unbranched alkanes of at least 4 members (excludes halogenated alkanes) is 2. The van der Waals surface area contributed by atoms with Gasteiger partial charge in [-0.1, -0.05) is 6.42 Å². The Morgan fingerprint density at radius 1 is 0.878 bits per heavy atom. The van der Waals surface area contributed by atoms with Gasteiger partial charge in [0, 0.05) is 36.7 Å². The van der Waals surface area contributed by atoms with Crippen molar-refractivity contribution in [3.8, 4) is 10.4 Å². The average Bonchev–Trinajstić information content (AvgIpc) is 3.28. The van der Waals surface area contributed by atoms with Crippen LogP contribution < -0.4 is 10.5 Å². The normalized spacial score (nSPS) is 12.3. The number of carboxylic acids is 1. The molecule has 0 aliphatic rings. The van der Waals surface area contributed by atoms with Crippen LogP contribution in [0.25, 0.3) is 21.4 Å². The Kier molecular flexibility index (Phi) is 12.1. The van der Waals surface area contributed by atoms with E-state index in [1.165, 1.54) is 18.2 Å². The summed E-state index contributed by atoms with van der Waals surface area (Å²) in [6.45, 7) is 0.585. The van der Waals surface area contributed by atoms with Crippen molar-refractivity contribution < 1.29 is 53.2 Å². The van der Waals surface area contributed by atoms with E-state index >= 15 is 0 Å². The molecule has 0 aliphatic carbocycles. The number of carbonyl (C=O) groups is 1. The fourth-order valence-corrected chi connectivity index (χ4v) is 7.30. The van der Waals surface area contributed by atoms with Crippen molar-refractivity contribution in [2.24, 2.45) is 0 Å². The molecule has 2 heterocycles. The van der Waals surface area contributed by atoms with Gasteiger partial charge in [0.2, 0.25) is 0 Å². The quantitative estimate of drug-likeness (QED) is 0.0837. The molecule has 0 radical (unpaired) electrons. The number of carboxylic acid groups (broad SMARTS) is 1. The Hall–Kier alpha value is -1.87. The monoisotopic (exact) mass is 663 g/mol. The van der Waals surface area contributed by atoms with Crippen LogP contribution in [0.15, 0.2) is 48.6 Å². The first-order valence-corrected chi connectivity index (χ1v) is 16.9. The first-order valence-electron chi connectivity index (χ1n) is 11.5. The molecule has 0 amide bonds. The van der Waals surface area contributed by atoms with Crippen LogP contribution in [0.5, 0.6) is 0 Å². The molecular weight excluding hydrogens is 637 g/mol. The van der Waals surface area contributed by atoms with Crippen LogP contribution in [0.1, 0.15) is 32.1 Å². The number of fused-ring (bicyclic) bond motifs is 1. The second-order valence-electron chi connectivity index (χ2n) is 8.71. The average molecular weight is 664 g/mol. The van der Waals surface area contributed by atoms with Crippen LogP contribution in [-0.2, 0) is 35.1 Å². The Bertz CT molecular complexity index is 1800. The van der Waals surface area contributed by atoms with Gasteiger partial charge in [0.25, 0.3) is 20.2 Å². The number of hydrogen-bond donors (Lipinski definition) is 4. The van der Waals surface area contributed by atoms with Gasteiger partial charge in [-0.25, -0.2) is 4.79 Å². The molecule has 14 nitrogen and oxygen atoms in total.